The van der Waals surface area contributed by atoms with Gasteiger partial charge in [0.2, 0.25) is 0 Å². The second-order valence-electron chi connectivity index (χ2n) is 3.56. The highest BCUT2D eigenvalue weighted by Gasteiger charge is 2.28. The van der Waals surface area contributed by atoms with E-state index in [1.54, 1.807) is 0 Å². The summed E-state index contributed by atoms with van der Waals surface area (Å²) < 4.78 is 0. The third kappa shape index (κ3) is 2.79. The van der Waals surface area contributed by atoms with Crippen molar-refractivity contribution in [2.75, 3.05) is 0 Å². The third-order valence-electron chi connectivity index (χ3n) is 2.52. The highest BCUT2D eigenvalue weighted by atomic mass is 16.2. The molecule has 0 bridgehead atoms. The van der Waals surface area contributed by atoms with Gasteiger partial charge in [0.1, 0.15) is 11.6 Å². The monoisotopic (exact) mass is 180 g/mol. The number of carbonyl (C=O) groups is 2. The van der Waals surface area contributed by atoms with Crippen LogP contribution in [0.15, 0.2) is 12.7 Å². The summed E-state index contributed by atoms with van der Waals surface area (Å²) >= 11 is 0. The van der Waals surface area contributed by atoms with Gasteiger partial charge in [0, 0.05) is 12.8 Å². The topological polar surface area (TPSA) is 34.1 Å². The fraction of sp³-hybridized carbons (Fsp3) is 0.636. The number of hydrogen-bond donors (Lipinski definition) is 0. The maximum Gasteiger partial charge on any atom is 0.143 e. The van der Waals surface area contributed by atoms with Gasteiger partial charge in [-0.2, -0.15) is 0 Å². The Labute approximate surface area is 79.0 Å². The molecule has 0 amide bonds. The first-order valence-electron chi connectivity index (χ1n) is 4.92. The molecular formula is C11H16O2. The minimum atomic E-state index is -0.284. The van der Waals surface area contributed by atoms with Crippen LogP contribution in [0.5, 0.6) is 0 Å². The smallest absolute Gasteiger partial charge is 0.143 e. The van der Waals surface area contributed by atoms with Crippen LogP contribution in [-0.2, 0) is 9.59 Å². The highest BCUT2D eigenvalue weighted by Crippen LogP contribution is 2.22. The van der Waals surface area contributed by atoms with Crippen molar-refractivity contribution in [2.24, 2.45) is 5.92 Å². The van der Waals surface area contributed by atoms with Crippen molar-refractivity contribution in [3.63, 3.8) is 0 Å². The van der Waals surface area contributed by atoms with Gasteiger partial charge >= 0.3 is 0 Å². The van der Waals surface area contributed by atoms with E-state index in [1.165, 1.54) is 0 Å². The number of unbranched alkanes of at least 4 members (excludes halogenated alkanes) is 1. The van der Waals surface area contributed by atoms with Crippen LogP contribution in [-0.4, -0.2) is 11.6 Å². The average molecular weight is 180 g/mol. The molecule has 1 aliphatic rings. The van der Waals surface area contributed by atoms with Gasteiger partial charge in [0.15, 0.2) is 0 Å². The zero-order chi connectivity index (χ0) is 9.68. The van der Waals surface area contributed by atoms with Gasteiger partial charge in [-0.05, 0) is 25.7 Å². The molecular weight excluding hydrogens is 164 g/mol. The summed E-state index contributed by atoms with van der Waals surface area (Å²) in [6, 6.07) is 0. The standard InChI is InChI=1S/C11H16O2/c1-2-3-4-6-9-10(12)7-5-8-11(9)13/h2,9H,1,3-8H2. The molecule has 1 aliphatic carbocycles. The van der Waals surface area contributed by atoms with E-state index < -0.39 is 0 Å². The van der Waals surface area contributed by atoms with Crippen molar-refractivity contribution < 1.29 is 9.59 Å². The van der Waals surface area contributed by atoms with E-state index >= 15 is 0 Å². The number of allylic oxidation sites excluding steroid dienone is 1. The number of Topliss-reactive ketones (excluding diaryl/α,β-unsaturated/α-hetero) is 2. The SMILES string of the molecule is C=CCCCC1C(=O)CCCC1=O. The van der Waals surface area contributed by atoms with Gasteiger partial charge in [0.25, 0.3) is 0 Å². The van der Waals surface area contributed by atoms with Crippen molar-refractivity contribution >= 4 is 11.6 Å². The van der Waals surface area contributed by atoms with E-state index in [9.17, 15) is 9.59 Å². The van der Waals surface area contributed by atoms with E-state index in [0.29, 0.717) is 12.8 Å². The molecule has 0 unspecified atom stereocenters. The van der Waals surface area contributed by atoms with Crippen LogP contribution in [0.2, 0.25) is 0 Å². The Kier molecular flexibility index (Phi) is 3.87. The molecule has 2 nitrogen and oxygen atoms in total. The Bertz CT molecular complexity index is 202. The number of ketones is 2. The Hall–Kier alpha value is -0.920. The van der Waals surface area contributed by atoms with E-state index in [2.05, 4.69) is 6.58 Å². The molecule has 2 heteroatoms. The summed E-state index contributed by atoms with van der Waals surface area (Å²) in [5, 5.41) is 0. The second-order valence-corrected chi connectivity index (χ2v) is 3.56. The van der Waals surface area contributed by atoms with Crippen LogP contribution >= 0.6 is 0 Å². The summed E-state index contributed by atoms with van der Waals surface area (Å²) in [5.41, 5.74) is 0. The second kappa shape index (κ2) is 4.95. The molecule has 0 aromatic heterocycles. The molecule has 0 aromatic rings. The molecule has 0 spiro atoms. The van der Waals surface area contributed by atoms with Crippen molar-refractivity contribution in [3.05, 3.63) is 12.7 Å². The van der Waals surface area contributed by atoms with Gasteiger partial charge in [0.05, 0.1) is 5.92 Å². The van der Waals surface area contributed by atoms with Crippen LogP contribution in [0.4, 0.5) is 0 Å². The van der Waals surface area contributed by atoms with Crippen LogP contribution < -0.4 is 0 Å². The Balaban J connectivity index is 2.39. The molecule has 72 valence electrons. The first kappa shape index (κ1) is 10.2. The molecule has 1 fully saturated rings. The van der Waals surface area contributed by atoms with E-state index in [-0.39, 0.29) is 17.5 Å². The maximum atomic E-state index is 11.4. The lowest BCUT2D eigenvalue weighted by Crippen LogP contribution is -2.28. The third-order valence-corrected chi connectivity index (χ3v) is 2.52. The van der Waals surface area contributed by atoms with Crippen molar-refractivity contribution in [1.82, 2.24) is 0 Å². The first-order chi connectivity index (χ1) is 6.25. The van der Waals surface area contributed by atoms with Crippen LogP contribution in [0.25, 0.3) is 0 Å². The molecule has 1 rings (SSSR count). The predicted octanol–water partition coefficient (Wildman–Crippen LogP) is 2.28. The summed E-state index contributed by atoms with van der Waals surface area (Å²) in [7, 11) is 0. The first-order valence-corrected chi connectivity index (χ1v) is 4.92. The van der Waals surface area contributed by atoms with Crippen molar-refractivity contribution in [2.45, 2.75) is 38.5 Å². The quantitative estimate of drug-likeness (QED) is 0.378. The fourth-order valence-electron chi connectivity index (χ4n) is 1.75. The Morgan fingerprint density at radius 3 is 2.46 bits per heavy atom. The summed E-state index contributed by atoms with van der Waals surface area (Å²) in [6.07, 6.45) is 6.33. The van der Waals surface area contributed by atoms with Gasteiger partial charge in [-0.15, -0.1) is 6.58 Å². The maximum absolute atomic E-state index is 11.4. The van der Waals surface area contributed by atoms with Gasteiger partial charge in [-0.3, -0.25) is 9.59 Å². The zero-order valence-electron chi connectivity index (χ0n) is 7.92. The molecule has 0 heterocycles. The largest absolute Gasteiger partial charge is 0.299 e. The van der Waals surface area contributed by atoms with Crippen LogP contribution in [0.1, 0.15) is 38.5 Å². The number of rotatable bonds is 4. The molecule has 0 atom stereocenters. The average Bonchev–Trinajstić information content (AvgIpc) is 2.10. The fourth-order valence-corrected chi connectivity index (χ4v) is 1.75. The molecule has 13 heavy (non-hydrogen) atoms. The summed E-state index contributed by atoms with van der Waals surface area (Å²) in [4.78, 5) is 22.7. The van der Waals surface area contributed by atoms with Gasteiger partial charge in [-0.25, -0.2) is 0 Å². The van der Waals surface area contributed by atoms with E-state index in [1.807, 2.05) is 6.08 Å². The molecule has 1 saturated carbocycles. The predicted molar refractivity (Wildman–Crippen MR) is 51.4 cm³/mol. The number of hydrogen-bond acceptors (Lipinski definition) is 2. The lowest BCUT2D eigenvalue weighted by Gasteiger charge is -2.18. The normalized spacial score (nSPS) is 19.1. The van der Waals surface area contributed by atoms with Gasteiger partial charge in [-0.1, -0.05) is 6.08 Å². The zero-order valence-corrected chi connectivity index (χ0v) is 7.92. The van der Waals surface area contributed by atoms with E-state index in [4.69, 9.17) is 0 Å². The van der Waals surface area contributed by atoms with Crippen LogP contribution in [0, 0.1) is 5.92 Å². The molecule has 0 aliphatic heterocycles. The summed E-state index contributed by atoms with van der Waals surface area (Å²) in [5.74, 6) is 0.0225. The lowest BCUT2D eigenvalue weighted by atomic mass is 9.83. The van der Waals surface area contributed by atoms with Crippen molar-refractivity contribution in [3.8, 4) is 0 Å². The Morgan fingerprint density at radius 2 is 1.92 bits per heavy atom. The molecule has 0 radical (unpaired) electrons. The minimum absolute atomic E-state index is 0.153. The molecule has 0 N–H and O–H groups in total. The molecule has 0 saturated heterocycles. The van der Waals surface area contributed by atoms with Gasteiger partial charge < -0.3 is 0 Å². The van der Waals surface area contributed by atoms with Crippen LogP contribution in [0.3, 0.4) is 0 Å². The highest BCUT2D eigenvalue weighted by molar-refractivity contribution is 6.04. The molecule has 0 aromatic carbocycles. The summed E-state index contributed by atoms with van der Waals surface area (Å²) in [6.45, 7) is 3.61. The number of carbonyl (C=O) groups excluding carboxylic acids is 2. The van der Waals surface area contributed by atoms with Crippen molar-refractivity contribution in [1.29, 1.82) is 0 Å². The minimum Gasteiger partial charge on any atom is -0.299 e. The lowest BCUT2D eigenvalue weighted by molar-refractivity contribution is -0.135. The Morgan fingerprint density at radius 1 is 1.31 bits per heavy atom. The van der Waals surface area contributed by atoms with E-state index in [0.717, 1.165) is 25.7 Å².